The van der Waals surface area contributed by atoms with Crippen molar-refractivity contribution in [2.24, 2.45) is 0 Å². The van der Waals surface area contributed by atoms with Crippen molar-refractivity contribution in [2.45, 2.75) is 5.41 Å². The minimum Gasteiger partial charge on any atom is -0.310 e. The van der Waals surface area contributed by atoms with Gasteiger partial charge in [0.25, 0.3) is 0 Å². The van der Waals surface area contributed by atoms with Crippen LogP contribution in [-0.4, -0.2) is 0 Å². The third kappa shape index (κ3) is 5.56. The van der Waals surface area contributed by atoms with E-state index in [2.05, 4.69) is 241 Å². The molecule has 0 saturated heterocycles. The lowest BCUT2D eigenvalue weighted by Crippen LogP contribution is -2.28. The maximum atomic E-state index is 2.44. The van der Waals surface area contributed by atoms with Gasteiger partial charge in [0.05, 0.1) is 5.41 Å². The van der Waals surface area contributed by atoms with Crippen LogP contribution in [0.15, 0.2) is 237 Å². The molecule has 1 aliphatic carbocycles. The first-order valence-electron chi connectivity index (χ1n) is 19.4. The summed E-state index contributed by atoms with van der Waals surface area (Å²) in [6.07, 6.45) is 0. The van der Waals surface area contributed by atoms with Gasteiger partial charge in [0.1, 0.15) is 0 Å². The highest BCUT2D eigenvalue weighted by Gasteiger charge is 2.45. The van der Waals surface area contributed by atoms with E-state index < -0.39 is 5.41 Å². The van der Waals surface area contributed by atoms with Gasteiger partial charge in [0.15, 0.2) is 0 Å². The number of rotatable bonds is 8. The van der Waals surface area contributed by atoms with Crippen molar-refractivity contribution < 1.29 is 0 Å². The quantitative estimate of drug-likeness (QED) is 0.152. The summed E-state index contributed by atoms with van der Waals surface area (Å²) in [5.41, 5.74) is 17.7. The Balaban J connectivity index is 1.20. The molecule has 0 fully saturated rings. The van der Waals surface area contributed by atoms with Crippen LogP contribution < -0.4 is 4.90 Å². The fourth-order valence-electron chi connectivity index (χ4n) is 8.97. The Labute approximate surface area is 329 Å². The number of hydrogen-bond acceptors (Lipinski definition) is 1. The van der Waals surface area contributed by atoms with Gasteiger partial charge in [-0.15, -0.1) is 0 Å². The van der Waals surface area contributed by atoms with Gasteiger partial charge in [-0.25, -0.2) is 0 Å². The summed E-state index contributed by atoms with van der Waals surface area (Å²) in [5.74, 6) is 0. The molecule has 10 rings (SSSR count). The highest BCUT2D eigenvalue weighted by atomic mass is 15.1. The molecule has 9 aromatic rings. The predicted molar refractivity (Wildman–Crippen MR) is 235 cm³/mol. The number of fused-ring (bicyclic) bond motifs is 3. The lowest BCUT2D eigenvalue weighted by molar-refractivity contribution is 0.769. The van der Waals surface area contributed by atoms with E-state index in [1.807, 2.05) is 0 Å². The molecule has 56 heavy (non-hydrogen) atoms. The molecule has 0 bridgehead atoms. The zero-order chi connectivity index (χ0) is 37.3. The van der Waals surface area contributed by atoms with Gasteiger partial charge in [0, 0.05) is 17.1 Å². The van der Waals surface area contributed by atoms with Gasteiger partial charge in [-0.3, -0.25) is 0 Å². The Kier molecular flexibility index (Phi) is 8.46. The SMILES string of the molecule is c1ccc(-c2ccc(N(c3ccccc3)c3ccccc3)cc2-c2ccccc2-c2cccc(C3(c4ccccc4)c4ccccc4-c4ccccc43)c2)cc1. The van der Waals surface area contributed by atoms with Crippen molar-refractivity contribution in [3.63, 3.8) is 0 Å². The molecule has 0 heterocycles. The smallest absolute Gasteiger partial charge is 0.0713 e. The Morgan fingerprint density at radius 2 is 0.696 bits per heavy atom. The molecule has 0 aliphatic heterocycles. The monoisotopic (exact) mass is 713 g/mol. The van der Waals surface area contributed by atoms with E-state index >= 15 is 0 Å². The van der Waals surface area contributed by atoms with Crippen LogP contribution in [0.1, 0.15) is 22.3 Å². The Bertz CT molecular complexity index is 2700. The molecule has 9 aromatic carbocycles. The fraction of sp³-hybridized carbons (Fsp3) is 0.0182. The first kappa shape index (κ1) is 33.4. The van der Waals surface area contributed by atoms with Gasteiger partial charge in [-0.05, 0) is 109 Å². The highest BCUT2D eigenvalue weighted by Crippen LogP contribution is 2.56. The second-order valence-corrected chi connectivity index (χ2v) is 14.4. The maximum absolute atomic E-state index is 2.44. The zero-order valence-corrected chi connectivity index (χ0v) is 31.0. The van der Waals surface area contributed by atoms with E-state index in [-0.39, 0.29) is 0 Å². The van der Waals surface area contributed by atoms with E-state index in [4.69, 9.17) is 0 Å². The first-order valence-corrected chi connectivity index (χ1v) is 19.4. The Morgan fingerprint density at radius 3 is 1.30 bits per heavy atom. The van der Waals surface area contributed by atoms with Crippen molar-refractivity contribution >= 4 is 17.1 Å². The average molecular weight is 714 g/mol. The number of hydrogen-bond donors (Lipinski definition) is 0. The van der Waals surface area contributed by atoms with Gasteiger partial charge in [-0.1, -0.05) is 194 Å². The summed E-state index contributed by atoms with van der Waals surface area (Å²) in [5, 5.41) is 0. The van der Waals surface area contributed by atoms with Crippen LogP contribution in [0.3, 0.4) is 0 Å². The van der Waals surface area contributed by atoms with E-state index in [0.29, 0.717) is 0 Å². The van der Waals surface area contributed by atoms with E-state index in [1.165, 1.54) is 66.8 Å². The molecule has 0 radical (unpaired) electrons. The molecule has 1 heteroatoms. The van der Waals surface area contributed by atoms with Crippen LogP contribution in [0.4, 0.5) is 17.1 Å². The van der Waals surface area contributed by atoms with Crippen LogP contribution in [0.5, 0.6) is 0 Å². The molecular formula is C55H39N. The summed E-state index contributed by atoms with van der Waals surface area (Å²) >= 11 is 0. The summed E-state index contributed by atoms with van der Waals surface area (Å²) in [6.45, 7) is 0. The molecule has 1 nitrogen and oxygen atoms in total. The van der Waals surface area contributed by atoms with Crippen LogP contribution >= 0.6 is 0 Å². The molecule has 1 aliphatic rings. The lowest BCUT2D eigenvalue weighted by Gasteiger charge is -2.34. The molecular weight excluding hydrogens is 675 g/mol. The van der Waals surface area contributed by atoms with Crippen molar-refractivity contribution in [1.82, 2.24) is 0 Å². The van der Waals surface area contributed by atoms with Crippen molar-refractivity contribution in [2.75, 3.05) is 4.90 Å². The van der Waals surface area contributed by atoms with Crippen molar-refractivity contribution in [1.29, 1.82) is 0 Å². The van der Waals surface area contributed by atoms with Crippen LogP contribution in [0.2, 0.25) is 0 Å². The van der Waals surface area contributed by atoms with Gasteiger partial charge >= 0.3 is 0 Å². The average Bonchev–Trinajstić information content (AvgIpc) is 3.59. The second kappa shape index (κ2) is 14.2. The third-order valence-electron chi connectivity index (χ3n) is 11.4. The lowest BCUT2D eigenvalue weighted by atomic mass is 9.67. The molecule has 0 N–H and O–H groups in total. The van der Waals surface area contributed by atoms with Crippen LogP contribution in [-0.2, 0) is 5.41 Å². The number of para-hydroxylation sites is 2. The first-order chi connectivity index (χ1) is 27.8. The number of nitrogens with zero attached hydrogens (tertiary/aromatic N) is 1. The predicted octanol–water partition coefficient (Wildman–Crippen LogP) is 14.5. The highest BCUT2D eigenvalue weighted by molar-refractivity contribution is 5.95. The Morgan fingerprint density at radius 1 is 0.250 bits per heavy atom. The molecule has 0 aromatic heterocycles. The molecule has 0 saturated carbocycles. The largest absolute Gasteiger partial charge is 0.310 e. The number of benzene rings is 9. The minimum atomic E-state index is -0.472. The maximum Gasteiger partial charge on any atom is 0.0713 e. The minimum absolute atomic E-state index is 0.472. The Hall–Kier alpha value is -7.22. The van der Waals surface area contributed by atoms with E-state index in [9.17, 15) is 0 Å². The third-order valence-corrected chi connectivity index (χ3v) is 11.4. The summed E-state index contributed by atoms with van der Waals surface area (Å²) in [6, 6.07) is 86.2. The summed E-state index contributed by atoms with van der Waals surface area (Å²) in [4.78, 5) is 2.35. The summed E-state index contributed by atoms with van der Waals surface area (Å²) < 4.78 is 0. The molecule has 0 spiro atoms. The topological polar surface area (TPSA) is 3.24 Å². The van der Waals surface area contributed by atoms with Gasteiger partial charge in [0.2, 0.25) is 0 Å². The van der Waals surface area contributed by atoms with Gasteiger partial charge < -0.3 is 4.90 Å². The van der Waals surface area contributed by atoms with Crippen LogP contribution in [0, 0.1) is 0 Å². The van der Waals surface area contributed by atoms with Crippen LogP contribution in [0.25, 0.3) is 44.5 Å². The second-order valence-electron chi connectivity index (χ2n) is 14.4. The normalized spacial score (nSPS) is 12.4. The fourth-order valence-corrected chi connectivity index (χ4v) is 8.97. The van der Waals surface area contributed by atoms with Crippen molar-refractivity contribution in [3.8, 4) is 44.5 Å². The van der Waals surface area contributed by atoms with E-state index in [0.717, 1.165) is 17.1 Å². The number of anilines is 3. The summed E-state index contributed by atoms with van der Waals surface area (Å²) in [7, 11) is 0. The zero-order valence-electron chi connectivity index (χ0n) is 31.0. The molecule has 0 unspecified atom stereocenters. The molecule has 264 valence electrons. The standard InChI is InChI=1S/C55H39N/c1-5-20-40(21-6-1)48-37-36-46(56(44-26-9-3-10-27-44)45-28-11-4-12-29-45)39-52(48)49-31-14-13-30-47(49)41-22-19-25-43(38-41)55(42-23-7-2-8-24-42)53-34-17-15-32-50(53)51-33-16-18-35-54(51)55/h1-39H. The van der Waals surface area contributed by atoms with E-state index in [1.54, 1.807) is 0 Å². The molecule has 0 amide bonds. The van der Waals surface area contributed by atoms with Crippen molar-refractivity contribution in [3.05, 3.63) is 259 Å². The molecule has 0 atom stereocenters. The van der Waals surface area contributed by atoms with Gasteiger partial charge in [-0.2, -0.15) is 0 Å².